The molecule has 1 aliphatic carbocycles. The monoisotopic (exact) mass is 255 g/mol. The number of nitrogens with two attached hydrogens (primary N) is 1. The van der Waals surface area contributed by atoms with Gasteiger partial charge in [0.1, 0.15) is 0 Å². The Kier molecular flexibility index (Phi) is 4.35. The van der Waals surface area contributed by atoms with Gasteiger partial charge < -0.3 is 15.6 Å². The Morgan fingerprint density at radius 3 is 2.50 bits per heavy atom. The van der Waals surface area contributed by atoms with Crippen LogP contribution >= 0.6 is 0 Å². The summed E-state index contributed by atoms with van der Waals surface area (Å²) >= 11 is 0. The highest BCUT2D eigenvalue weighted by Crippen LogP contribution is 2.49. The molecular weight excluding hydrogens is 226 g/mol. The van der Waals surface area contributed by atoms with E-state index >= 15 is 0 Å². The highest BCUT2D eigenvalue weighted by molar-refractivity contribution is 4.99. The summed E-state index contributed by atoms with van der Waals surface area (Å²) in [7, 11) is 0. The van der Waals surface area contributed by atoms with E-state index in [1.807, 2.05) is 0 Å². The minimum Gasteiger partial charge on any atom is -0.392 e. The van der Waals surface area contributed by atoms with E-state index in [1.165, 1.54) is 6.42 Å². The molecule has 0 spiro atoms. The Hall–Kier alpha value is -0.120. The van der Waals surface area contributed by atoms with Crippen molar-refractivity contribution in [2.45, 2.75) is 58.5 Å². The summed E-state index contributed by atoms with van der Waals surface area (Å²) in [6.45, 7) is 6.75. The first kappa shape index (κ1) is 14.3. The van der Waals surface area contributed by atoms with Gasteiger partial charge in [-0.3, -0.25) is 0 Å². The standard InChI is InChI=1S/C15H29NO2/c1-14(2)6-3-7-15(11-16,13(14)17)10-12-4-8-18-9-5-12/h12-13,17H,3-11,16H2,1-2H3. The molecule has 106 valence electrons. The zero-order valence-corrected chi connectivity index (χ0v) is 12.0. The van der Waals surface area contributed by atoms with Crippen molar-refractivity contribution in [3.8, 4) is 0 Å². The van der Waals surface area contributed by atoms with Gasteiger partial charge in [0, 0.05) is 25.2 Å². The molecule has 2 unspecified atom stereocenters. The summed E-state index contributed by atoms with van der Waals surface area (Å²) in [4.78, 5) is 0. The summed E-state index contributed by atoms with van der Waals surface area (Å²) in [5.74, 6) is 0.686. The Labute approximate surface area is 111 Å². The molecule has 1 saturated heterocycles. The van der Waals surface area contributed by atoms with Gasteiger partial charge in [-0.05, 0) is 43.4 Å². The highest BCUT2D eigenvalue weighted by atomic mass is 16.5. The van der Waals surface area contributed by atoms with Gasteiger partial charge in [0.15, 0.2) is 0 Å². The molecule has 1 aliphatic heterocycles. The van der Waals surface area contributed by atoms with Crippen LogP contribution in [0.5, 0.6) is 0 Å². The van der Waals surface area contributed by atoms with Gasteiger partial charge in [0.25, 0.3) is 0 Å². The lowest BCUT2D eigenvalue weighted by molar-refractivity contribution is -0.104. The second-order valence-electron chi connectivity index (χ2n) is 7.07. The first-order valence-corrected chi connectivity index (χ1v) is 7.46. The van der Waals surface area contributed by atoms with Crippen LogP contribution in [0.2, 0.25) is 0 Å². The van der Waals surface area contributed by atoms with Gasteiger partial charge in [0.2, 0.25) is 0 Å². The van der Waals surface area contributed by atoms with Crippen LogP contribution in [0.4, 0.5) is 0 Å². The fourth-order valence-corrected chi connectivity index (χ4v) is 4.03. The third-order valence-corrected chi connectivity index (χ3v) is 5.26. The van der Waals surface area contributed by atoms with E-state index in [0.717, 1.165) is 45.3 Å². The van der Waals surface area contributed by atoms with Gasteiger partial charge in [0.05, 0.1) is 6.10 Å². The summed E-state index contributed by atoms with van der Waals surface area (Å²) in [5.41, 5.74) is 6.04. The van der Waals surface area contributed by atoms with Gasteiger partial charge in [-0.15, -0.1) is 0 Å². The molecule has 2 fully saturated rings. The van der Waals surface area contributed by atoms with Crippen LogP contribution in [-0.4, -0.2) is 31.0 Å². The minimum absolute atomic E-state index is 0.0167. The molecule has 2 aliphatic rings. The molecular formula is C15H29NO2. The van der Waals surface area contributed by atoms with Crippen LogP contribution in [0.1, 0.15) is 52.4 Å². The van der Waals surface area contributed by atoms with E-state index in [4.69, 9.17) is 10.5 Å². The van der Waals surface area contributed by atoms with Crippen molar-refractivity contribution >= 4 is 0 Å². The van der Waals surface area contributed by atoms with Crippen molar-refractivity contribution in [1.82, 2.24) is 0 Å². The van der Waals surface area contributed by atoms with Gasteiger partial charge in [-0.25, -0.2) is 0 Å². The topological polar surface area (TPSA) is 55.5 Å². The molecule has 1 heterocycles. The van der Waals surface area contributed by atoms with E-state index in [1.54, 1.807) is 0 Å². The summed E-state index contributed by atoms with van der Waals surface area (Å²) < 4.78 is 5.43. The predicted octanol–water partition coefficient (Wildman–Crippen LogP) is 2.32. The van der Waals surface area contributed by atoms with E-state index in [9.17, 15) is 5.11 Å². The quantitative estimate of drug-likeness (QED) is 0.813. The van der Waals surface area contributed by atoms with E-state index in [-0.39, 0.29) is 16.9 Å². The zero-order valence-electron chi connectivity index (χ0n) is 12.0. The van der Waals surface area contributed by atoms with Crippen LogP contribution in [0.15, 0.2) is 0 Å². The fraction of sp³-hybridized carbons (Fsp3) is 1.00. The summed E-state index contributed by atoms with van der Waals surface area (Å²) in [5, 5.41) is 10.8. The van der Waals surface area contributed by atoms with E-state index in [2.05, 4.69) is 13.8 Å². The van der Waals surface area contributed by atoms with Gasteiger partial charge >= 0.3 is 0 Å². The molecule has 3 nitrogen and oxygen atoms in total. The molecule has 0 bridgehead atoms. The third kappa shape index (κ3) is 2.73. The Morgan fingerprint density at radius 2 is 1.89 bits per heavy atom. The molecule has 0 aromatic rings. The lowest BCUT2D eigenvalue weighted by Gasteiger charge is -2.51. The molecule has 18 heavy (non-hydrogen) atoms. The molecule has 0 amide bonds. The van der Waals surface area contributed by atoms with Gasteiger partial charge in [-0.2, -0.15) is 0 Å². The van der Waals surface area contributed by atoms with Gasteiger partial charge in [-0.1, -0.05) is 20.3 Å². The lowest BCUT2D eigenvalue weighted by Crippen LogP contribution is -2.53. The number of rotatable bonds is 3. The largest absolute Gasteiger partial charge is 0.392 e. The first-order chi connectivity index (χ1) is 8.50. The summed E-state index contributed by atoms with van der Waals surface area (Å²) in [6, 6.07) is 0. The number of ether oxygens (including phenoxy) is 1. The van der Waals surface area contributed by atoms with Crippen LogP contribution in [0.25, 0.3) is 0 Å². The minimum atomic E-state index is -0.258. The van der Waals surface area contributed by atoms with Crippen LogP contribution in [-0.2, 0) is 4.74 Å². The third-order valence-electron chi connectivity index (χ3n) is 5.26. The van der Waals surface area contributed by atoms with Crippen LogP contribution in [0, 0.1) is 16.7 Å². The average Bonchev–Trinajstić information content (AvgIpc) is 2.36. The number of hydrogen-bond acceptors (Lipinski definition) is 3. The summed E-state index contributed by atoms with van der Waals surface area (Å²) in [6.07, 6.45) is 6.49. The van der Waals surface area contributed by atoms with Crippen molar-refractivity contribution in [3.63, 3.8) is 0 Å². The Bertz CT molecular complexity index is 274. The van der Waals surface area contributed by atoms with Crippen molar-refractivity contribution in [1.29, 1.82) is 0 Å². The van der Waals surface area contributed by atoms with Crippen molar-refractivity contribution < 1.29 is 9.84 Å². The van der Waals surface area contributed by atoms with Crippen LogP contribution < -0.4 is 5.73 Å². The molecule has 0 radical (unpaired) electrons. The smallest absolute Gasteiger partial charge is 0.0659 e. The number of aliphatic hydroxyl groups is 1. The number of hydrogen-bond donors (Lipinski definition) is 2. The molecule has 1 saturated carbocycles. The molecule has 0 aromatic carbocycles. The average molecular weight is 255 g/mol. The highest BCUT2D eigenvalue weighted by Gasteiger charge is 2.48. The Balaban J connectivity index is 2.08. The predicted molar refractivity (Wildman–Crippen MR) is 73.3 cm³/mol. The number of aliphatic hydroxyl groups excluding tert-OH is 1. The van der Waals surface area contributed by atoms with E-state index in [0.29, 0.717) is 12.5 Å². The fourth-order valence-electron chi connectivity index (χ4n) is 4.03. The van der Waals surface area contributed by atoms with Crippen molar-refractivity contribution in [2.75, 3.05) is 19.8 Å². The normalized spacial score (nSPS) is 37.7. The van der Waals surface area contributed by atoms with Crippen molar-refractivity contribution in [2.24, 2.45) is 22.5 Å². The van der Waals surface area contributed by atoms with Crippen LogP contribution in [0.3, 0.4) is 0 Å². The molecule has 0 aromatic heterocycles. The molecule has 3 N–H and O–H groups in total. The van der Waals surface area contributed by atoms with Crippen molar-refractivity contribution in [3.05, 3.63) is 0 Å². The second kappa shape index (κ2) is 5.48. The van der Waals surface area contributed by atoms with E-state index < -0.39 is 0 Å². The second-order valence-corrected chi connectivity index (χ2v) is 7.07. The maximum atomic E-state index is 10.8. The maximum Gasteiger partial charge on any atom is 0.0659 e. The lowest BCUT2D eigenvalue weighted by atomic mass is 9.58. The molecule has 3 heteroatoms. The zero-order chi connectivity index (χ0) is 13.2. The first-order valence-electron chi connectivity index (χ1n) is 7.46. The SMILES string of the molecule is CC1(C)CCCC(CN)(CC2CCOCC2)C1O. The maximum absolute atomic E-state index is 10.8. The molecule has 2 rings (SSSR count). The molecule has 2 atom stereocenters. The Morgan fingerprint density at radius 1 is 1.22 bits per heavy atom.